The summed E-state index contributed by atoms with van der Waals surface area (Å²) in [5.41, 5.74) is 7.06. The molecule has 1 heterocycles. The highest BCUT2D eigenvalue weighted by molar-refractivity contribution is 9.10. The number of nitrogen functional groups attached to an aromatic ring is 1. The first-order valence-electron chi connectivity index (χ1n) is 5.00. The first kappa shape index (κ1) is 13.5. The number of carbonyl (C=O) groups excluding carboxylic acids is 1. The van der Waals surface area contributed by atoms with Crippen molar-refractivity contribution in [2.24, 2.45) is 0 Å². The molecule has 18 heavy (non-hydrogen) atoms. The molecule has 0 unspecified atom stereocenters. The summed E-state index contributed by atoms with van der Waals surface area (Å²) in [6.07, 6.45) is 0. The Morgan fingerprint density at radius 3 is 2.83 bits per heavy atom. The van der Waals surface area contributed by atoms with Crippen LogP contribution in [0, 0.1) is 0 Å². The van der Waals surface area contributed by atoms with Crippen LogP contribution in [0.2, 0.25) is 0 Å². The highest BCUT2D eigenvalue weighted by atomic mass is 79.9. The lowest BCUT2D eigenvalue weighted by atomic mass is 10.2. The average molecular weight is 344 g/mol. The average Bonchev–Trinajstić information content (AvgIpc) is 2.77. The van der Waals surface area contributed by atoms with Gasteiger partial charge in [0.15, 0.2) is 0 Å². The van der Waals surface area contributed by atoms with Gasteiger partial charge in [-0.3, -0.25) is 0 Å². The van der Waals surface area contributed by atoms with Gasteiger partial charge < -0.3 is 10.5 Å². The molecule has 2 aromatic rings. The SMILES string of the molecule is COC(=O)c1ccc(N)c(Sc2sccc2Br)c1. The highest BCUT2D eigenvalue weighted by Crippen LogP contribution is 2.40. The van der Waals surface area contributed by atoms with Crippen molar-refractivity contribution in [2.45, 2.75) is 9.10 Å². The molecule has 2 N–H and O–H groups in total. The Hall–Kier alpha value is -0.980. The van der Waals surface area contributed by atoms with E-state index < -0.39 is 0 Å². The normalized spacial score (nSPS) is 10.3. The van der Waals surface area contributed by atoms with Crippen LogP contribution >= 0.6 is 39.0 Å². The van der Waals surface area contributed by atoms with Gasteiger partial charge in [0.25, 0.3) is 0 Å². The maximum atomic E-state index is 11.5. The molecule has 0 bridgehead atoms. The van der Waals surface area contributed by atoms with Gasteiger partial charge in [-0.05, 0) is 45.6 Å². The zero-order valence-corrected chi connectivity index (χ0v) is 12.7. The second-order valence-corrected chi connectivity index (χ2v) is 6.48. The summed E-state index contributed by atoms with van der Waals surface area (Å²) in [5, 5.41) is 1.99. The smallest absolute Gasteiger partial charge is 0.337 e. The van der Waals surface area contributed by atoms with Gasteiger partial charge in [-0.1, -0.05) is 11.8 Å². The van der Waals surface area contributed by atoms with Crippen LogP contribution in [-0.2, 0) is 4.74 Å². The maximum absolute atomic E-state index is 11.5. The van der Waals surface area contributed by atoms with Crippen LogP contribution in [-0.4, -0.2) is 13.1 Å². The van der Waals surface area contributed by atoms with Crippen molar-refractivity contribution in [3.05, 3.63) is 39.7 Å². The van der Waals surface area contributed by atoms with Crippen molar-refractivity contribution in [3.8, 4) is 0 Å². The number of benzene rings is 1. The van der Waals surface area contributed by atoms with E-state index in [1.54, 1.807) is 29.5 Å². The topological polar surface area (TPSA) is 52.3 Å². The second kappa shape index (κ2) is 5.77. The van der Waals surface area contributed by atoms with Crippen LogP contribution in [0.4, 0.5) is 5.69 Å². The number of thiophene rings is 1. The van der Waals surface area contributed by atoms with E-state index in [-0.39, 0.29) is 5.97 Å². The van der Waals surface area contributed by atoms with Crippen molar-refractivity contribution in [2.75, 3.05) is 12.8 Å². The lowest BCUT2D eigenvalue weighted by molar-refractivity contribution is 0.0600. The fraction of sp³-hybridized carbons (Fsp3) is 0.0833. The molecule has 0 saturated carbocycles. The quantitative estimate of drug-likeness (QED) is 0.675. The Kier molecular flexibility index (Phi) is 4.31. The minimum Gasteiger partial charge on any atom is -0.465 e. The summed E-state index contributed by atoms with van der Waals surface area (Å²) in [6, 6.07) is 7.11. The fourth-order valence-electron chi connectivity index (χ4n) is 1.32. The number of methoxy groups -OCH3 is 1. The minimum absolute atomic E-state index is 0.359. The van der Waals surface area contributed by atoms with Crippen molar-refractivity contribution in [1.82, 2.24) is 0 Å². The summed E-state index contributed by atoms with van der Waals surface area (Å²) >= 11 is 6.61. The van der Waals surface area contributed by atoms with E-state index in [0.717, 1.165) is 13.6 Å². The third-order valence-corrected chi connectivity index (χ3v) is 5.63. The number of anilines is 1. The minimum atomic E-state index is -0.359. The van der Waals surface area contributed by atoms with Crippen molar-refractivity contribution in [3.63, 3.8) is 0 Å². The zero-order chi connectivity index (χ0) is 13.1. The molecule has 0 saturated heterocycles. The summed E-state index contributed by atoms with van der Waals surface area (Å²) < 4.78 is 6.82. The molecule has 1 aromatic heterocycles. The summed E-state index contributed by atoms with van der Waals surface area (Å²) in [4.78, 5) is 12.3. The van der Waals surface area contributed by atoms with Crippen LogP contribution in [0.5, 0.6) is 0 Å². The Bertz CT molecular complexity index is 583. The lowest BCUT2D eigenvalue weighted by Crippen LogP contribution is -2.02. The van der Waals surface area contributed by atoms with Crippen molar-refractivity contribution >= 4 is 50.7 Å². The largest absolute Gasteiger partial charge is 0.465 e. The van der Waals surface area contributed by atoms with Gasteiger partial charge in [-0.25, -0.2) is 4.79 Å². The molecule has 0 aliphatic carbocycles. The van der Waals surface area contributed by atoms with Crippen LogP contribution in [0.3, 0.4) is 0 Å². The lowest BCUT2D eigenvalue weighted by Gasteiger charge is -2.06. The molecule has 0 aliphatic heterocycles. The molecule has 0 atom stereocenters. The zero-order valence-electron chi connectivity index (χ0n) is 9.48. The van der Waals surface area contributed by atoms with Gasteiger partial charge in [-0.15, -0.1) is 11.3 Å². The van der Waals surface area contributed by atoms with E-state index in [9.17, 15) is 4.79 Å². The monoisotopic (exact) mass is 343 g/mol. The van der Waals surface area contributed by atoms with E-state index in [1.807, 2.05) is 11.4 Å². The van der Waals surface area contributed by atoms with Crippen molar-refractivity contribution < 1.29 is 9.53 Å². The van der Waals surface area contributed by atoms with Crippen LogP contribution in [0.1, 0.15) is 10.4 Å². The first-order valence-corrected chi connectivity index (χ1v) is 7.49. The van der Waals surface area contributed by atoms with Gasteiger partial charge in [0.2, 0.25) is 0 Å². The Morgan fingerprint density at radius 1 is 1.44 bits per heavy atom. The Labute approximate surface area is 121 Å². The molecule has 3 nitrogen and oxygen atoms in total. The molecule has 0 radical (unpaired) electrons. The number of hydrogen-bond acceptors (Lipinski definition) is 5. The van der Waals surface area contributed by atoms with Gasteiger partial charge in [0, 0.05) is 15.1 Å². The number of carbonyl (C=O) groups is 1. The number of halogens is 1. The predicted octanol–water partition coefficient (Wildman–Crippen LogP) is 4.03. The fourth-order valence-corrected chi connectivity index (χ4v) is 4.02. The molecule has 1 aromatic carbocycles. The highest BCUT2D eigenvalue weighted by Gasteiger charge is 2.11. The van der Waals surface area contributed by atoms with Gasteiger partial charge >= 0.3 is 5.97 Å². The number of ether oxygens (including phenoxy) is 1. The Balaban J connectivity index is 2.32. The van der Waals surface area contributed by atoms with E-state index in [4.69, 9.17) is 10.5 Å². The maximum Gasteiger partial charge on any atom is 0.337 e. The second-order valence-electron chi connectivity index (χ2n) is 3.40. The van der Waals surface area contributed by atoms with Crippen LogP contribution in [0.25, 0.3) is 0 Å². The molecule has 0 fully saturated rings. The summed E-state index contributed by atoms with van der Waals surface area (Å²) in [7, 11) is 1.36. The predicted molar refractivity (Wildman–Crippen MR) is 78.3 cm³/mol. The molecule has 0 spiro atoms. The van der Waals surface area contributed by atoms with E-state index in [0.29, 0.717) is 11.3 Å². The van der Waals surface area contributed by atoms with Gasteiger partial charge in [0.05, 0.1) is 16.9 Å². The molecule has 94 valence electrons. The van der Waals surface area contributed by atoms with Gasteiger partial charge in [-0.2, -0.15) is 0 Å². The van der Waals surface area contributed by atoms with Crippen LogP contribution in [0.15, 0.2) is 43.2 Å². The number of esters is 1. The molecule has 6 heteroatoms. The van der Waals surface area contributed by atoms with Gasteiger partial charge in [0.1, 0.15) is 0 Å². The third-order valence-electron chi connectivity index (χ3n) is 2.22. The third kappa shape index (κ3) is 2.88. The number of nitrogens with two attached hydrogens (primary N) is 1. The number of rotatable bonds is 3. The summed E-state index contributed by atoms with van der Waals surface area (Å²) in [5.74, 6) is -0.359. The Morgan fingerprint density at radius 2 is 2.22 bits per heavy atom. The van der Waals surface area contributed by atoms with E-state index in [1.165, 1.54) is 18.9 Å². The number of hydrogen-bond donors (Lipinski definition) is 1. The van der Waals surface area contributed by atoms with E-state index >= 15 is 0 Å². The van der Waals surface area contributed by atoms with Crippen LogP contribution < -0.4 is 5.73 Å². The molecule has 0 amide bonds. The molecule has 2 rings (SSSR count). The summed E-state index contributed by atoms with van der Waals surface area (Å²) in [6.45, 7) is 0. The first-order chi connectivity index (χ1) is 8.61. The van der Waals surface area contributed by atoms with Crippen molar-refractivity contribution in [1.29, 1.82) is 0 Å². The molecule has 0 aliphatic rings. The van der Waals surface area contributed by atoms with E-state index in [2.05, 4.69) is 15.9 Å². The molecular formula is C12H10BrNO2S2. The molecular weight excluding hydrogens is 334 g/mol. The standard InChI is InChI=1S/C12H10BrNO2S2/c1-16-11(15)7-2-3-9(14)10(6-7)18-12-8(13)4-5-17-12/h2-6H,14H2,1H3.